The van der Waals surface area contributed by atoms with E-state index in [4.69, 9.17) is 4.74 Å². The number of rotatable bonds is 5. The molecule has 5 heteroatoms. The molecule has 5 nitrogen and oxygen atoms in total. The topological polar surface area (TPSA) is 70.4 Å². The summed E-state index contributed by atoms with van der Waals surface area (Å²) in [5.74, 6) is -0.835. The molecule has 1 heterocycles. The maximum atomic E-state index is 13.1. The van der Waals surface area contributed by atoms with Gasteiger partial charge in [0.05, 0.1) is 29.9 Å². The zero-order chi connectivity index (χ0) is 21.8. The minimum Gasteiger partial charge on any atom is -0.460 e. The predicted molar refractivity (Wildman–Crippen MR) is 114 cm³/mol. The second-order valence-electron chi connectivity index (χ2n) is 7.87. The predicted octanol–water partition coefficient (Wildman–Crippen LogP) is 4.61. The van der Waals surface area contributed by atoms with Crippen molar-refractivity contribution in [3.8, 4) is 6.07 Å². The molecule has 0 spiro atoms. The molecule has 0 fully saturated rings. The first-order valence-electron chi connectivity index (χ1n) is 10.1. The van der Waals surface area contributed by atoms with E-state index < -0.39 is 5.97 Å². The molecule has 0 unspecified atom stereocenters. The second-order valence-corrected chi connectivity index (χ2v) is 7.87. The Labute approximate surface area is 177 Å². The Kier molecular flexibility index (Phi) is 6.37. The molecular formula is C25H26N2O3. The molecule has 0 saturated heterocycles. The van der Waals surface area contributed by atoms with Gasteiger partial charge in [-0.05, 0) is 44.9 Å². The van der Waals surface area contributed by atoms with Gasteiger partial charge in [0.1, 0.15) is 0 Å². The van der Waals surface area contributed by atoms with Gasteiger partial charge in [-0.3, -0.25) is 4.79 Å². The minimum absolute atomic E-state index is 0.0769. The number of nitriles is 1. The lowest BCUT2D eigenvalue weighted by atomic mass is 9.83. The van der Waals surface area contributed by atoms with Crippen molar-refractivity contribution in [3.05, 3.63) is 82.1 Å². The Bertz CT molecular complexity index is 1030. The molecular weight excluding hydrogens is 376 g/mol. The van der Waals surface area contributed by atoms with Crippen LogP contribution >= 0.6 is 0 Å². The monoisotopic (exact) mass is 402 g/mol. The first-order chi connectivity index (χ1) is 14.3. The van der Waals surface area contributed by atoms with Gasteiger partial charge in [-0.2, -0.15) is 5.26 Å². The van der Waals surface area contributed by atoms with E-state index in [9.17, 15) is 14.9 Å². The summed E-state index contributed by atoms with van der Waals surface area (Å²) in [6.45, 7) is 7.64. The van der Waals surface area contributed by atoms with Gasteiger partial charge in [-0.1, -0.05) is 48.0 Å². The molecule has 0 radical (unpaired) electrons. The number of benzene rings is 2. The number of nitrogens with zero attached hydrogens (tertiary/aromatic N) is 2. The number of carbonyl (C=O) groups is 2. The zero-order valence-electron chi connectivity index (χ0n) is 17.8. The van der Waals surface area contributed by atoms with Crippen LogP contribution in [0.2, 0.25) is 0 Å². The standard InChI is InChI=1S/C25H26N2O3/c1-16(2)30-25(29)24-18(4)27(15-21-8-6-5-7-20(21)14-26)23(28)13-22(24)19-11-9-17(3)10-12-19/h5-12,16,22H,13,15H2,1-4H3/t22-/m1/s1. The molecule has 1 atom stereocenters. The number of aryl methyl sites for hydroxylation is 1. The highest BCUT2D eigenvalue weighted by atomic mass is 16.5. The normalized spacial score (nSPS) is 16.6. The third-order valence-electron chi connectivity index (χ3n) is 5.33. The summed E-state index contributed by atoms with van der Waals surface area (Å²) in [5.41, 5.74) is 4.38. The van der Waals surface area contributed by atoms with E-state index in [0.29, 0.717) is 16.8 Å². The molecule has 30 heavy (non-hydrogen) atoms. The fraction of sp³-hybridized carbons (Fsp3) is 0.320. The molecule has 0 aliphatic carbocycles. The highest BCUT2D eigenvalue weighted by Gasteiger charge is 2.37. The lowest BCUT2D eigenvalue weighted by molar-refractivity contribution is -0.143. The first kappa shape index (κ1) is 21.3. The van der Waals surface area contributed by atoms with Crippen LogP contribution in [-0.2, 0) is 20.9 Å². The number of allylic oxidation sites excluding steroid dienone is 1. The van der Waals surface area contributed by atoms with Gasteiger partial charge in [-0.15, -0.1) is 0 Å². The van der Waals surface area contributed by atoms with Crippen molar-refractivity contribution in [2.75, 3.05) is 0 Å². The van der Waals surface area contributed by atoms with Gasteiger partial charge in [0.15, 0.2) is 0 Å². The van der Waals surface area contributed by atoms with Gasteiger partial charge in [0.2, 0.25) is 5.91 Å². The molecule has 1 amide bonds. The van der Waals surface area contributed by atoms with E-state index in [-0.39, 0.29) is 30.9 Å². The molecule has 3 rings (SSSR count). The van der Waals surface area contributed by atoms with E-state index in [1.165, 1.54) is 0 Å². The Balaban J connectivity index is 2.06. The number of ether oxygens (including phenoxy) is 1. The number of amides is 1. The molecule has 0 bridgehead atoms. The number of hydrogen-bond donors (Lipinski definition) is 0. The summed E-state index contributed by atoms with van der Waals surface area (Å²) < 4.78 is 5.53. The van der Waals surface area contributed by atoms with Crippen molar-refractivity contribution in [1.29, 1.82) is 5.26 Å². The summed E-state index contributed by atoms with van der Waals surface area (Å²) in [6.07, 6.45) is -0.0839. The first-order valence-corrected chi connectivity index (χ1v) is 10.1. The van der Waals surface area contributed by atoms with Crippen LogP contribution in [0.15, 0.2) is 59.8 Å². The quantitative estimate of drug-likeness (QED) is 0.685. The van der Waals surface area contributed by atoms with Gasteiger partial charge < -0.3 is 9.64 Å². The molecule has 0 saturated carbocycles. The Morgan fingerprint density at radius 3 is 2.47 bits per heavy atom. The van der Waals surface area contributed by atoms with Crippen LogP contribution in [0.5, 0.6) is 0 Å². The van der Waals surface area contributed by atoms with E-state index in [1.807, 2.05) is 57.2 Å². The average Bonchev–Trinajstić information content (AvgIpc) is 2.71. The average molecular weight is 402 g/mol. The van der Waals surface area contributed by atoms with Crippen molar-refractivity contribution in [3.63, 3.8) is 0 Å². The van der Waals surface area contributed by atoms with Crippen LogP contribution in [0.1, 0.15) is 55.4 Å². The Morgan fingerprint density at radius 1 is 1.17 bits per heavy atom. The lowest BCUT2D eigenvalue weighted by Crippen LogP contribution is -2.38. The SMILES string of the molecule is CC1=C(C(=O)OC(C)C)[C@@H](c2ccc(C)cc2)CC(=O)N1Cc1ccccc1C#N. The van der Waals surface area contributed by atoms with Crippen LogP contribution in [0, 0.1) is 18.3 Å². The smallest absolute Gasteiger partial charge is 0.336 e. The molecule has 1 aliphatic rings. The van der Waals surface area contributed by atoms with E-state index in [1.54, 1.807) is 24.0 Å². The molecule has 154 valence electrons. The fourth-order valence-electron chi connectivity index (χ4n) is 3.77. The molecule has 1 aliphatic heterocycles. The van der Waals surface area contributed by atoms with Gasteiger partial charge >= 0.3 is 5.97 Å². The lowest BCUT2D eigenvalue weighted by Gasteiger charge is -2.35. The second kappa shape index (κ2) is 8.96. The Hall–Kier alpha value is -3.39. The third kappa shape index (κ3) is 4.44. The maximum absolute atomic E-state index is 13.1. The highest BCUT2D eigenvalue weighted by molar-refractivity contribution is 5.96. The highest BCUT2D eigenvalue weighted by Crippen LogP contribution is 2.38. The van der Waals surface area contributed by atoms with Crippen molar-refractivity contribution in [1.82, 2.24) is 4.90 Å². The van der Waals surface area contributed by atoms with E-state index in [0.717, 1.165) is 16.7 Å². The zero-order valence-corrected chi connectivity index (χ0v) is 17.8. The number of carbonyl (C=O) groups excluding carboxylic acids is 2. The van der Waals surface area contributed by atoms with Gasteiger partial charge in [-0.25, -0.2) is 4.79 Å². The van der Waals surface area contributed by atoms with E-state index in [2.05, 4.69) is 6.07 Å². The van der Waals surface area contributed by atoms with Crippen LogP contribution in [-0.4, -0.2) is 22.9 Å². The number of hydrogen-bond acceptors (Lipinski definition) is 4. The number of esters is 1. The fourth-order valence-corrected chi connectivity index (χ4v) is 3.77. The minimum atomic E-state index is -0.404. The maximum Gasteiger partial charge on any atom is 0.336 e. The van der Waals surface area contributed by atoms with Gasteiger partial charge in [0, 0.05) is 18.0 Å². The van der Waals surface area contributed by atoms with Crippen LogP contribution in [0.3, 0.4) is 0 Å². The van der Waals surface area contributed by atoms with Crippen LogP contribution < -0.4 is 0 Å². The van der Waals surface area contributed by atoms with Crippen LogP contribution in [0.25, 0.3) is 0 Å². The van der Waals surface area contributed by atoms with Gasteiger partial charge in [0.25, 0.3) is 0 Å². The van der Waals surface area contributed by atoms with Crippen LogP contribution in [0.4, 0.5) is 0 Å². The molecule has 0 N–H and O–H groups in total. The summed E-state index contributed by atoms with van der Waals surface area (Å²) in [7, 11) is 0. The summed E-state index contributed by atoms with van der Waals surface area (Å²) in [6, 6.07) is 17.2. The summed E-state index contributed by atoms with van der Waals surface area (Å²) in [4.78, 5) is 27.7. The third-order valence-corrected chi connectivity index (χ3v) is 5.33. The van der Waals surface area contributed by atoms with Crippen molar-refractivity contribution >= 4 is 11.9 Å². The van der Waals surface area contributed by atoms with E-state index >= 15 is 0 Å². The molecule has 2 aromatic rings. The molecule has 2 aromatic carbocycles. The summed E-state index contributed by atoms with van der Waals surface area (Å²) in [5, 5.41) is 9.39. The van der Waals surface area contributed by atoms with Crippen molar-refractivity contribution < 1.29 is 14.3 Å². The Morgan fingerprint density at radius 2 is 1.83 bits per heavy atom. The molecule has 0 aromatic heterocycles. The van der Waals surface area contributed by atoms with Crippen molar-refractivity contribution in [2.24, 2.45) is 0 Å². The summed E-state index contributed by atoms with van der Waals surface area (Å²) >= 11 is 0. The largest absolute Gasteiger partial charge is 0.460 e. The van der Waals surface area contributed by atoms with Crippen molar-refractivity contribution in [2.45, 2.75) is 52.7 Å².